The molecule has 2 N–H and O–H groups in total. The lowest BCUT2D eigenvalue weighted by Gasteiger charge is -2.29. The van der Waals surface area contributed by atoms with Crippen molar-refractivity contribution in [3.63, 3.8) is 0 Å². The van der Waals surface area contributed by atoms with Gasteiger partial charge in [-0.1, -0.05) is 41.9 Å². The van der Waals surface area contributed by atoms with Crippen LogP contribution in [-0.4, -0.2) is 5.91 Å². The number of carbonyl (C=O) groups is 1. The highest BCUT2D eigenvalue weighted by Gasteiger charge is 2.26. The molecule has 96 valence electrons. The zero-order valence-corrected chi connectivity index (χ0v) is 11.2. The molecule has 0 bridgehead atoms. The van der Waals surface area contributed by atoms with Gasteiger partial charge in [0.15, 0.2) is 0 Å². The molecule has 0 aliphatic carbocycles. The summed E-state index contributed by atoms with van der Waals surface area (Å²) in [6.07, 6.45) is -0.296. The number of benzene rings is 2. The molecule has 4 heteroatoms. The maximum absolute atomic E-state index is 12.1. The molecule has 1 aliphatic heterocycles. The van der Waals surface area contributed by atoms with Crippen LogP contribution in [0.4, 0.5) is 5.69 Å². The Hall–Kier alpha value is -2.00. The van der Waals surface area contributed by atoms with Gasteiger partial charge < -0.3 is 10.6 Å². The van der Waals surface area contributed by atoms with Crippen molar-refractivity contribution in [1.29, 1.82) is 0 Å². The summed E-state index contributed by atoms with van der Waals surface area (Å²) in [4.78, 5) is 12.1. The van der Waals surface area contributed by atoms with Gasteiger partial charge in [0, 0.05) is 10.6 Å². The standard InChI is InChI=1S/C15H13ClN2O/c1-9-5-4-7-11-13(9)17-14(18-15(11)19)10-6-2-3-8-12(10)16/h2-8,14,17H,1H3,(H,18,19)/t14-/m0/s1. The molecular weight excluding hydrogens is 260 g/mol. The number of halogens is 1. The van der Waals surface area contributed by atoms with E-state index in [1.54, 1.807) is 0 Å². The van der Waals surface area contributed by atoms with Crippen molar-refractivity contribution in [2.75, 3.05) is 5.32 Å². The smallest absolute Gasteiger partial charge is 0.255 e. The average molecular weight is 273 g/mol. The predicted molar refractivity (Wildman–Crippen MR) is 76.5 cm³/mol. The molecule has 2 aromatic carbocycles. The number of nitrogens with one attached hydrogen (secondary N) is 2. The molecule has 1 amide bonds. The summed E-state index contributed by atoms with van der Waals surface area (Å²) in [7, 11) is 0. The monoisotopic (exact) mass is 272 g/mol. The van der Waals surface area contributed by atoms with E-state index in [0.717, 1.165) is 16.8 Å². The van der Waals surface area contributed by atoms with Crippen molar-refractivity contribution in [3.8, 4) is 0 Å². The van der Waals surface area contributed by atoms with Crippen LogP contribution in [-0.2, 0) is 0 Å². The van der Waals surface area contributed by atoms with Crippen LogP contribution >= 0.6 is 11.6 Å². The predicted octanol–water partition coefficient (Wildman–Crippen LogP) is 3.50. The number of amides is 1. The van der Waals surface area contributed by atoms with Gasteiger partial charge in [-0.2, -0.15) is 0 Å². The first-order valence-corrected chi connectivity index (χ1v) is 6.46. The van der Waals surface area contributed by atoms with Crippen LogP contribution < -0.4 is 10.6 Å². The molecule has 0 spiro atoms. The molecule has 2 aromatic rings. The van der Waals surface area contributed by atoms with Crippen LogP contribution in [0.1, 0.15) is 27.7 Å². The molecule has 3 rings (SSSR count). The van der Waals surface area contributed by atoms with Gasteiger partial charge in [0.2, 0.25) is 0 Å². The van der Waals surface area contributed by atoms with E-state index in [2.05, 4.69) is 10.6 Å². The van der Waals surface area contributed by atoms with Crippen LogP contribution in [0.25, 0.3) is 0 Å². The number of para-hydroxylation sites is 1. The fraction of sp³-hybridized carbons (Fsp3) is 0.133. The van der Waals surface area contributed by atoms with Crippen LogP contribution in [0.2, 0.25) is 5.02 Å². The molecular formula is C15H13ClN2O. The lowest BCUT2D eigenvalue weighted by molar-refractivity contribution is 0.0935. The van der Waals surface area contributed by atoms with Crippen molar-refractivity contribution in [1.82, 2.24) is 5.32 Å². The lowest BCUT2D eigenvalue weighted by atomic mass is 10.0. The summed E-state index contributed by atoms with van der Waals surface area (Å²) in [5.41, 5.74) is 3.45. The summed E-state index contributed by atoms with van der Waals surface area (Å²) in [6.45, 7) is 1.98. The first kappa shape index (κ1) is 12.1. The van der Waals surface area contributed by atoms with Gasteiger partial charge >= 0.3 is 0 Å². The Morgan fingerprint density at radius 1 is 1.05 bits per heavy atom. The summed E-state index contributed by atoms with van der Waals surface area (Å²) in [5.74, 6) is -0.0811. The van der Waals surface area contributed by atoms with E-state index in [0.29, 0.717) is 10.6 Å². The number of rotatable bonds is 1. The number of anilines is 1. The molecule has 0 aromatic heterocycles. The number of hydrogen-bond donors (Lipinski definition) is 2. The number of hydrogen-bond acceptors (Lipinski definition) is 2. The van der Waals surface area contributed by atoms with Gasteiger partial charge in [0.05, 0.1) is 11.3 Å². The minimum absolute atomic E-state index is 0.0811. The number of aryl methyl sites for hydroxylation is 1. The minimum atomic E-state index is -0.296. The molecule has 1 atom stereocenters. The highest BCUT2D eigenvalue weighted by molar-refractivity contribution is 6.31. The van der Waals surface area contributed by atoms with E-state index in [-0.39, 0.29) is 12.1 Å². The molecule has 19 heavy (non-hydrogen) atoms. The van der Waals surface area contributed by atoms with E-state index in [1.165, 1.54) is 0 Å². The molecule has 0 radical (unpaired) electrons. The fourth-order valence-corrected chi connectivity index (χ4v) is 2.55. The average Bonchev–Trinajstić information content (AvgIpc) is 2.40. The second-order valence-electron chi connectivity index (χ2n) is 4.57. The summed E-state index contributed by atoms with van der Waals surface area (Å²) in [6, 6.07) is 13.2. The van der Waals surface area contributed by atoms with Crippen molar-refractivity contribution in [2.24, 2.45) is 0 Å². The second kappa shape index (κ2) is 4.59. The van der Waals surface area contributed by atoms with Crippen LogP contribution in [0.15, 0.2) is 42.5 Å². The highest BCUT2D eigenvalue weighted by Crippen LogP contribution is 2.31. The molecule has 0 unspecified atom stereocenters. The van der Waals surface area contributed by atoms with Crippen molar-refractivity contribution in [3.05, 3.63) is 64.2 Å². The Balaban J connectivity index is 2.04. The Morgan fingerprint density at radius 2 is 1.84 bits per heavy atom. The van der Waals surface area contributed by atoms with Gasteiger partial charge in [-0.15, -0.1) is 0 Å². The van der Waals surface area contributed by atoms with Gasteiger partial charge in [-0.25, -0.2) is 0 Å². The second-order valence-corrected chi connectivity index (χ2v) is 4.98. The summed E-state index contributed by atoms with van der Waals surface area (Å²) in [5, 5.41) is 6.90. The Kier molecular flexibility index (Phi) is 2.91. The van der Waals surface area contributed by atoms with Crippen LogP contribution in [0.3, 0.4) is 0 Å². The molecule has 1 aliphatic rings. The van der Waals surface area contributed by atoms with E-state index < -0.39 is 0 Å². The normalized spacial score (nSPS) is 17.4. The maximum Gasteiger partial charge on any atom is 0.255 e. The first-order valence-electron chi connectivity index (χ1n) is 6.08. The van der Waals surface area contributed by atoms with Gasteiger partial charge in [-0.3, -0.25) is 4.79 Å². The van der Waals surface area contributed by atoms with Crippen molar-refractivity contribution in [2.45, 2.75) is 13.1 Å². The quantitative estimate of drug-likeness (QED) is 0.834. The van der Waals surface area contributed by atoms with Crippen LogP contribution in [0.5, 0.6) is 0 Å². The van der Waals surface area contributed by atoms with Crippen molar-refractivity contribution < 1.29 is 4.79 Å². The third-order valence-electron chi connectivity index (χ3n) is 3.30. The molecule has 0 saturated carbocycles. The zero-order valence-electron chi connectivity index (χ0n) is 10.4. The maximum atomic E-state index is 12.1. The molecule has 3 nitrogen and oxygen atoms in total. The largest absolute Gasteiger partial charge is 0.361 e. The van der Waals surface area contributed by atoms with E-state index in [1.807, 2.05) is 49.4 Å². The number of fused-ring (bicyclic) bond motifs is 1. The molecule has 0 saturated heterocycles. The van der Waals surface area contributed by atoms with Gasteiger partial charge in [0.25, 0.3) is 5.91 Å². The topological polar surface area (TPSA) is 41.1 Å². The summed E-state index contributed by atoms with van der Waals surface area (Å²) < 4.78 is 0. The lowest BCUT2D eigenvalue weighted by Crippen LogP contribution is -2.38. The van der Waals surface area contributed by atoms with E-state index in [4.69, 9.17) is 11.6 Å². The zero-order chi connectivity index (χ0) is 13.4. The third kappa shape index (κ3) is 2.06. The van der Waals surface area contributed by atoms with Crippen LogP contribution in [0, 0.1) is 6.92 Å². The highest BCUT2D eigenvalue weighted by atomic mass is 35.5. The van der Waals surface area contributed by atoms with E-state index in [9.17, 15) is 4.79 Å². The van der Waals surface area contributed by atoms with Crippen molar-refractivity contribution >= 4 is 23.2 Å². The SMILES string of the molecule is Cc1cccc2c1N[C@H](c1ccccc1Cl)NC2=O. The first-order chi connectivity index (χ1) is 9.16. The third-order valence-corrected chi connectivity index (χ3v) is 3.64. The minimum Gasteiger partial charge on any atom is -0.361 e. The van der Waals surface area contributed by atoms with E-state index >= 15 is 0 Å². The Labute approximate surface area is 116 Å². The van der Waals surface area contributed by atoms with Gasteiger partial charge in [0.1, 0.15) is 6.17 Å². The Bertz CT molecular complexity index is 654. The van der Waals surface area contributed by atoms with Gasteiger partial charge in [-0.05, 0) is 24.6 Å². The Morgan fingerprint density at radius 3 is 2.63 bits per heavy atom. The fourth-order valence-electron chi connectivity index (χ4n) is 2.30. The molecule has 0 fully saturated rings. The summed E-state index contributed by atoms with van der Waals surface area (Å²) >= 11 is 6.18. The number of carbonyl (C=O) groups excluding carboxylic acids is 1. The molecule has 1 heterocycles.